The van der Waals surface area contributed by atoms with Gasteiger partial charge in [0.1, 0.15) is 5.82 Å². The smallest absolute Gasteiger partial charge is 0.244 e. The first kappa shape index (κ1) is 14.4. The molecule has 0 N–H and O–H groups in total. The molecule has 0 unspecified atom stereocenters. The highest BCUT2D eigenvalue weighted by Crippen LogP contribution is 2.30. The molecule has 0 radical (unpaired) electrons. The minimum Gasteiger partial charge on any atom is -0.298 e. The average molecular weight is 363 g/mol. The van der Waals surface area contributed by atoms with Crippen molar-refractivity contribution in [3.8, 4) is 0 Å². The number of rotatable bonds is 3. The van der Waals surface area contributed by atoms with Crippen molar-refractivity contribution in [1.29, 1.82) is 0 Å². The second kappa shape index (κ2) is 5.36. The van der Waals surface area contributed by atoms with Crippen LogP contribution >= 0.6 is 15.9 Å². The quantitative estimate of drug-likeness (QED) is 0.826. The monoisotopic (exact) mass is 362 g/mol. The first-order chi connectivity index (χ1) is 9.48. The lowest BCUT2D eigenvalue weighted by Gasteiger charge is -2.34. The van der Waals surface area contributed by atoms with Gasteiger partial charge in [-0.3, -0.25) is 4.90 Å². The average Bonchev–Trinajstić information content (AvgIpc) is 3.22. The number of piperazine rings is 1. The van der Waals surface area contributed by atoms with Crippen LogP contribution < -0.4 is 0 Å². The minimum atomic E-state index is -3.55. The third-order valence-corrected chi connectivity index (χ3v) is 6.72. The maximum atomic E-state index is 13.1. The number of nitrogens with zero attached hydrogens (tertiary/aromatic N) is 2. The van der Waals surface area contributed by atoms with E-state index in [0.717, 1.165) is 13.1 Å². The van der Waals surface area contributed by atoms with E-state index in [0.29, 0.717) is 19.1 Å². The van der Waals surface area contributed by atoms with Crippen molar-refractivity contribution in [1.82, 2.24) is 9.21 Å². The van der Waals surface area contributed by atoms with E-state index in [9.17, 15) is 12.8 Å². The van der Waals surface area contributed by atoms with Gasteiger partial charge in [0.25, 0.3) is 0 Å². The Morgan fingerprint density at radius 1 is 1.15 bits per heavy atom. The molecule has 4 nitrogen and oxygen atoms in total. The molecular formula is C13H16BrFN2O2S. The van der Waals surface area contributed by atoms with E-state index in [2.05, 4.69) is 20.8 Å². The van der Waals surface area contributed by atoms with Crippen LogP contribution in [0.3, 0.4) is 0 Å². The van der Waals surface area contributed by atoms with Crippen LogP contribution in [0.5, 0.6) is 0 Å². The lowest BCUT2D eigenvalue weighted by atomic mass is 10.3. The number of hydrogen-bond acceptors (Lipinski definition) is 3. The van der Waals surface area contributed by atoms with E-state index >= 15 is 0 Å². The fourth-order valence-electron chi connectivity index (χ4n) is 2.57. The highest BCUT2D eigenvalue weighted by Gasteiger charge is 2.35. The topological polar surface area (TPSA) is 40.6 Å². The predicted molar refractivity (Wildman–Crippen MR) is 77.5 cm³/mol. The molecule has 2 fully saturated rings. The molecule has 0 spiro atoms. The molecule has 0 bridgehead atoms. The Labute approximate surface area is 126 Å². The number of benzene rings is 1. The molecule has 1 aromatic rings. The van der Waals surface area contributed by atoms with E-state index in [1.807, 2.05) is 0 Å². The van der Waals surface area contributed by atoms with Gasteiger partial charge in [0.2, 0.25) is 10.0 Å². The maximum absolute atomic E-state index is 13.1. The first-order valence-corrected chi connectivity index (χ1v) is 8.91. The van der Waals surface area contributed by atoms with Crippen LogP contribution in [-0.4, -0.2) is 49.8 Å². The molecule has 0 amide bonds. The van der Waals surface area contributed by atoms with Gasteiger partial charge >= 0.3 is 0 Å². The fraction of sp³-hybridized carbons (Fsp3) is 0.538. The summed E-state index contributed by atoms with van der Waals surface area (Å²) in [5, 5.41) is 0. The zero-order chi connectivity index (χ0) is 14.3. The number of sulfonamides is 1. The third kappa shape index (κ3) is 2.77. The Balaban J connectivity index is 1.78. The number of halogens is 2. The Morgan fingerprint density at radius 3 is 2.35 bits per heavy atom. The summed E-state index contributed by atoms with van der Waals surface area (Å²) in [6, 6.07) is 4.35. The molecule has 2 aliphatic rings. The molecule has 1 aromatic carbocycles. The molecule has 1 aliphatic heterocycles. The van der Waals surface area contributed by atoms with Gasteiger partial charge < -0.3 is 0 Å². The van der Waals surface area contributed by atoms with Crippen molar-refractivity contribution < 1.29 is 12.8 Å². The van der Waals surface area contributed by atoms with E-state index in [-0.39, 0.29) is 9.37 Å². The van der Waals surface area contributed by atoms with Crippen LogP contribution in [0.25, 0.3) is 0 Å². The normalized spacial score (nSPS) is 22.1. The van der Waals surface area contributed by atoms with E-state index in [4.69, 9.17) is 0 Å². The Morgan fingerprint density at radius 2 is 1.80 bits per heavy atom. The number of hydrogen-bond donors (Lipinski definition) is 0. The van der Waals surface area contributed by atoms with Gasteiger partial charge in [0.15, 0.2) is 0 Å². The van der Waals surface area contributed by atoms with Gasteiger partial charge in [-0.1, -0.05) is 0 Å². The molecule has 1 aliphatic carbocycles. The molecule has 0 aromatic heterocycles. The van der Waals surface area contributed by atoms with Gasteiger partial charge in [-0.05, 0) is 47.0 Å². The van der Waals surface area contributed by atoms with Gasteiger partial charge in [-0.15, -0.1) is 0 Å². The summed E-state index contributed by atoms with van der Waals surface area (Å²) < 4.78 is 40.0. The lowest BCUT2D eigenvalue weighted by molar-refractivity contribution is 0.180. The Kier molecular flexibility index (Phi) is 3.87. The molecule has 0 atom stereocenters. The summed E-state index contributed by atoms with van der Waals surface area (Å²) in [6.07, 6.45) is 2.46. The lowest BCUT2D eigenvalue weighted by Crippen LogP contribution is -2.49. The Hall–Kier alpha value is -0.500. The van der Waals surface area contributed by atoms with Gasteiger partial charge in [0.05, 0.1) is 4.90 Å². The standard InChI is InChI=1S/C13H16BrFN2O2S/c14-12-9-10(15)1-4-13(12)20(18,19)17-7-5-16(6-8-17)11-2-3-11/h1,4,9,11H,2-3,5-8H2. The van der Waals surface area contributed by atoms with E-state index in [1.54, 1.807) is 0 Å². The van der Waals surface area contributed by atoms with E-state index < -0.39 is 15.8 Å². The third-order valence-electron chi connectivity index (χ3n) is 3.85. The van der Waals surface area contributed by atoms with Crippen molar-refractivity contribution in [2.45, 2.75) is 23.8 Å². The largest absolute Gasteiger partial charge is 0.298 e. The summed E-state index contributed by atoms with van der Waals surface area (Å²) in [5.41, 5.74) is 0. The molecule has 1 heterocycles. The molecule has 1 saturated heterocycles. The summed E-state index contributed by atoms with van der Waals surface area (Å²) in [4.78, 5) is 2.49. The molecule has 20 heavy (non-hydrogen) atoms. The van der Waals surface area contributed by atoms with Gasteiger partial charge in [-0.25, -0.2) is 12.8 Å². The predicted octanol–water partition coefficient (Wildman–Crippen LogP) is 2.06. The van der Waals surface area contributed by atoms with E-state index in [1.165, 1.54) is 35.3 Å². The van der Waals surface area contributed by atoms with Crippen LogP contribution in [0.1, 0.15) is 12.8 Å². The van der Waals surface area contributed by atoms with Crippen LogP contribution in [0.2, 0.25) is 0 Å². The fourth-order valence-corrected chi connectivity index (χ4v) is 5.00. The zero-order valence-corrected chi connectivity index (χ0v) is 13.3. The van der Waals surface area contributed by atoms with Gasteiger partial charge in [-0.2, -0.15) is 4.31 Å². The van der Waals surface area contributed by atoms with Crippen molar-refractivity contribution in [2.24, 2.45) is 0 Å². The summed E-state index contributed by atoms with van der Waals surface area (Å²) >= 11 is 3.14. The summed E-state index contributed by atoms with van der Waals surface area (Å²) in [7, 11) is -3.55. The maximum Gasteiger partial charge on any atom is 0.244 e. The minimum absolute atomic E-state index is 0.138. The van der Waals surface area contributed by atoms with Gasteiger partial charge in [0, 0.05) is 36.7 Å². The van der Waals surface area contributed by atoms with Crippen LogP contribution in [-0.2, 0) is 10.0 Å². The SMILES string of the molecule is O=S(=O)(c1ccc(F)cc1Br)N1CCN(C2CC2)CC1. The second-order valence-electron chi connectivity index (χ2n) is 5.25. The molecular weight excluding hydrogens is 347 g/mol. The van der Waals surface area contributed by atoms with Crippen LogP contribution in [0.4, 0.5) is 4.39 Å². The molecule has 3 rings (SSSR count). The highest BCUT2D eigenvalue weighted by molar-refractivity contribution is 9.10. The second-order valence-corrected chi connectivity index (χ2v) is 8.01. The highest BCUT2D eigenvalue weighted by atomic mass is 79.9. The molecule has 110 valence electrons. The zero-order valence-electron chi connectivity index (χ0n) is 10.9. The summed E-state index contributed by atoms with van der Waals surface area (Å²) in [5.74, 6) is -0.450. The van der Waals surface area contributed by atoms with Crippen molar-refractivity contribution in [3.05, 3.63) is 28.5 Å². The van der Waals surface area contributed by atoms with Crippen LogP contribution in [0, 0.1) is 5.82 Å². The van der Waals surface area contributed by atoms with Crippen molar-refractivity contribution in [3.63, 3.8) is 0 Å². The molecule has 1 saturated carbocycles. The van der Waals surface area contributed by atoms with Crippen LogP contribution in [0.15, 0.2) is 27.6 Å². The summed E-state index contributed by atoms with van der Waals surface area (Å²) in [6.45, 7) is 2.57. The van der Waals surface area contributed by atoms with Crippen molar-refractivity contribution in [2.75, 3.05) is 26.2 Å². The van der Waals surface area contributed by atoms with Crippen molar-refractivity contribution >= 4 is 26.0 Å². The molecule has 7 heteroatoms. The first-order valence-electron chi connectivity index (χ1n) is 6.68. The Bertz CT molecular complexity index is 611.